The molecule has 0 unspecified atom stereocenters. The summed E-state index contributed by atoms with van der Waals surface area (Å²) in [5, 5.41) is 4.23. The third-order valence-corrected chi connectivity index (χ3v) is 2.95. The van der Waals surface area contributed by atoms with Crippen LogP contribution < -0.4 is 5.56 Å². The Morgan fingerprint density at radius 2 is 1.60 bits per heavy atom. The maximum Gasteiger partial charge on any atom is 0.266 e. The SMILES string of the molecule is Cn1nc(-c2nccnc2-c2ccccc2)ccc1=O. The van der Waals surface area contributed by atoms with E-state index in [4.69, 9.17) is 0 Å². The average Bonchev–Trinajstić information content (AvgIpc) is 2.51. The Balaban J connectivity index is 2.20. The molecule has 0 aliphatic heterocycles. The zero-order valence-corrected chi connectivity index (χ0v) is 10.9. The van der Waals surface area contributed by atoms with Crippen LogP contribution >= 0.6 is 0 Å². The van der Waals surface area contributed by atoms with Gasteiger partial charge in [-0.2, -0.15) is 5.10 Å². The summed E-state index contributed by atoms with van der Waals surface area (Å²) in [6.07, 6.45) is 3.27. The van der Waals surface area contributed by atoms with Crippen LogP contribution in [-0.2, 0) is 7.05 Å². The van der Waals surface area contributed by atoms with Crippen molar-refractivity contribution in [1.82, 2.24) is 19.7 Å². The summed E-state index contributed by atoms with van der Waals surface area (Å²) >= 11 is 0. The molecule has 3 rings (SSSR count). The zero-order chi connectivity index (χ0) is 13.9. The van der Waals surface area contributed by atoms with Gasteiger partial charge in [0.2, 0.25) is 0 Å². The highest BCUT2D eigenvalue weighted by atomic mass is 16.1. The van der Waals surface area contributed by atoms with Crippen LogP contribution in [0.3, 0.4) is 0 Å². The van der Waals surface area contributed by atoms with Gasteiger partial charge in [-0.25, -0.2) is 4.68 Å². The number of benzene rings is 1. The summed E-state index contributed by atoms with van der Waals surface area (Å²) in [5.74, 6) is 0. The average molecular weight is 264 g/mol. The lowest BCUT2D eigenvalue weighted by molar-refractivity contribution is 0.711. The van der Waals surface area contributed by atoms with E-state index in [1.807, 2.05) is 30.3 Å². The van der Waals surface area contributed by atoms with E-state index in [0.717, 1.165) is 11.3 Å². The van der Waals surface area contributed by atoms with Crippen LogP contribution in [0.15, 0.2) is 59.7 Å². The van der Waals surface area contributed by atoms with E-state index in [9.17, 15) is 4.79 Å². The first-order valence-corrected chi connectivity index (χ1v) is 6.17. The molecule has 0 N–H and O–H groups in total. The maximum atomic E-state index is 11.4. The number of hydrogen-bond acceptors (Lipinski definition) is 4. The molecule has 0 amide bonds. The molecule has 0 bridgehead atoms. The molecule has 1 aromatic carbocycles. The van der Waals surface area contributed by atoms with Gasteiger partial charge in [0.25, 0.3) is 5.56 Å². The van der Waals surface area contributed by atoms with Crippen LogP contribution in [0.4, 0.5) is 0 Å². The van der Waals surface area contributed by atoms with Crippen LogP contribution in [0, 0.1) is 0 Å². The van der Waals surface area contributed by atoms with E-state index in [-0.39, 0.29) is 5.56 Å². The number of aryl methyl sites for hydroxylation is 1. The third kappa shape index (κ3) is 2.21. The molecule has 0 aliphatic rings. The molecule has 2 heterocycles. The molecule has 5 heteroatoms. The molecule has 0 spiro atoms. The van der Waals surface area contributed by atoms with Gasteiger partial charge in [-0.05, 0) is 6.07 Å². The fourth-order valence-corrected chi connectivity index (χ4v) is 1.96. The summed E-state index contributed by atoms with van der Waals surface area (Å²) in [6.45, 7) is 0. The second-order valence-electron chi connectivity index (χ2n) is 4.30. The number of aromatic nitrogens is 4. The maximum absolute atomic E-state index is 11.4. The van der Waals surface area contributed by atoms with Gasteiger partial charge in [-0.15, -0.1) is 0 Å². The fraction of sp³-hybridized carbons (Fsp3) is 0.0667. The van der Waals surface area contributed by atoms with Gasteiger partial charge in [0.15, 0.2) is 0 Å². The van der Waals surface area contributed by atoms with Crippen molar-refractivity contribution in [2.75, 3.05) is 0 Å². The molecule has 98 valence electrons. The summed E-state index contributed by atoms with van der Waals surface area (Å²) < 4.78 is 1.29. The zero-order valence-electron chi connectivity index (χ0n) is 10.9. The molecule has 0 aliphatic carbocycles. The second-order valence-corrected chi connectivity index (χ2v) is 4.30. The molecule has 0 fully saturated rings. The number of nitrogens with zero attached hydrogens (tertiary/aromatic N) is 4. The van der Waals surface area contributed by atoms with Gasteiger partial charge in [-0.3, -0.25) is 14.8 Å². The molecule has 0 saturated heterocycles. The van der Waals surface area contributed by atoms with Crippen LogP contribution in [0.25, 0.3) is 22.6 Å². The molecule has 0 atom stereocenters. The second kappa shape index (κ2) is 5.05. The summed E-state index contributed by atoms with van der Waals surface area (Å²) in [6, 6.07) is 12.9. The van der Waals surface area contributed by atoms with Crippen molar-refractivity contribution in [1.29, 1.82) is 0 Å². The first-order valence-electron chi connectivity index (χ1n) is 6.17. The highest BCUT2D eigenvalue weighted by Gasteiger charge is 2.11. The van der Waals surface area contributed by atoms with Crippen molar-refractivity contribution >= 4 is 0 Å². The van der Waals surface area contributed by atoms with Gasteiger partial charge < -0.3 is 0 Å². The lowest BCUT2D eigenvalue weighted by atomic mass is 10.1. The van der Waals surface area contributed by atoms with E-state index in [0.29, 0.717) is 11.4 Å². The lowest BCUT2D eigenvalue weighted by Gasteiger charge is -2.07. The first-order chi connectivity index (χ1) is 9.75. The highest BCUT2D eigenvalue weighted by Crippen LogP contribution is 2.25. The van der Waals surface area contributed by atoms with Crippen molar-refractivity contribution in [2.24, 2.45) is 7.05 Å². The minimum absolute atomic E-state index is 0.154. The van der Waals surface area contributed by atoms with Crippen LogP contribution in [0.5, 0.6) is 0 Å². The van der Waals surface area contributed by atoms with E-state index < -0.39 is 0 Å². The molecular formula is C15H12N4O. The lowest BCUT2D eigenvalue weighted by Crippen LogP contribution is -2.18. The van der Waals surface area contributed by atoms with E-state index >= 15 is 0 Å². The van der Waals surface area contributed by atoms with Crippen molar-refractivity contribution < 1.29 is 0 Å². The molecule has 0 radical (unpaired) electrons. The van der Waals surface area contributed by atoms with Crippen molar-refractivity contribution in [2.45, 2.75) is 0 Å². The summed E-state index contributed by atoms with van der Waals surface area (Å²) in [5.41, 5.74) is 2.85. The third-order valence-electron chi connectivity index (χ3n) is 2.95. The Morgan fingerprint density at radius 1 is 0.900 bits per heavy atom. The Labute approximate surface area is 115 Å². The molecule has 0 saturated carbocycles. The smallest absolute Gasteiger partial charge is 0.266 e. The molecule has 5 nitrogen and oxygen atoms in total. The van der Waals surface area contributed by atoms with Gasteiger partial charge in [-0.1, -0.05) is 30.3 Å². The standard InChI is InChI=1S/C15H12N4O/c1-19-13(20)8-7-12(18-19)15-14(16-9-10-17-15)11-5-3-2-4-6-11/h2-10H,1H3. The van der Waals surface area contributed by atoms with Crippen molar-refractivity contribution in [3.8, 4) is 22.6 Å². The molecule has 2 aromatic heterocycles. The number of hydrogen-bond donors (Lipinski definition) is 0. The normalized spacial score (nSPS) is 10.4. The first kappa shape index (κ1) is 12.2. The van der Waals surface area contributed by atoms with Crippen LogP contribution in [0.1, 0.15) is 0 Å². The summed E-state index contributed by atoms with van der Waals surface area (Å²) in [7, 11) is 1.62. The quantitative estimate of drug-likeness (QED) is 0.709. The monoisotopic (exact) mass is 264 g/mol. The molecular weight excluding hydrogens is 252 g/mol. The van der Waals surface area contributed by atoms with Gasteiger partial charge >= 0.3 is 0 Å². The number of rotatable bonds is 2. The topological polar surface area (TPSA) is 60.7 Å². The van der Waals surface area contributed by atoms with Crippen LogP contribution in [0.2, 0.25) is 0 Å². The van der Waals surface area contributed by atoms with Gasteiger partial charge in [0, 0.05) is 31.1 Å². The van der Waals surface area contributed by atoms with Gasteiger partial charge in [0.05, 0.1) is 5.69 Å². The fourth-order valence-electron chi connectivity index (χ4n) is 1.96. The summed E-state index contributed by atoms with van der Waals surface area (Å²) in [4.78, 5) is 20.2. The van der Waals surface area contributed by atoms with Crippen molar-refractivity contribution in [3.63, 3.8) is 0 Å². The minimum Gasteiger partial charge on any atom is -0.268 e. The highest BCUT2D eigenvalue weighted by molar-refractivity contribution is 5.75. The molecule has 20 heavy (non-hydrogen) atoms. The van der Waals surface area contributed by atoms with Crippen LogP contribution in [-0.4, -0.2) is 19.7 Å². The largest absolute Gasteiger partial charge is 0.268 e. The van der Waals surface area contributed by atoms with E-state index in [2.05, 4.69) is 15.1 Å². The minimum atomic E-state index is -0.154. The van der Waals surface area contributed by atoms with E-state index in [1.54, 1.807) is 25.5 Å². The molecule has 3 aromatic rings. The van der Waals surface area contributed by atoms with Crippen molar-refractivity contribution in [3.05, 3.63) is 65.2 Å². The van der Waals surface area contributed by atoms with E-state index in [1.165, 1.54) is 10.7 Å². The Hall–Kier alpha value is -2.82. The predicted octanol–water partition coefficient (Wildman–Crippen LogP) is 1.90. The predicted molar refractivity (Wildman–Crippen MR) is 75.9 cm³/mol. The Morgan fingerprint density at radius 3 is 2.30 bits per heavy atom. The van der Waals surface area contributed by atoms with Gasteiger partial charge in [0.1, 0.15) is 11.4 Å². The Bertz CT molecular complexity index is 796. The Kier molecular flexibility index (Phi) is 3.09.